The molecule has 1 fully saturated rings. The number of para-hydroxylation sites is 1. The Morgan fingerprint density at radius 3 is 2.61 bits per heavy atom. The van der Waals surface area contributed by atoms with Crippen LogP contribution >= 0.6 is 11.6 Å². The van der Waals surface area contributed by atoms with Crippen LogP contribution in [0.4, 0.5) is 10.5 Å². The normalized spacial score (nSPS) is 19.2. The van der Waals surface area contributed by atoms with Gasteiger partial charge in [-0.1, -0.05) is 48.0 Å². The Labute approximate surface area is 171 Å². The molecule has 3 amide bonds. The summed E-state index contributed by atoms with van der Waals surface area (Å²) in [6.45, 7) is 5.45. The van der Waals surface area contributed by atoms with Crippen molar-refractivity contribution < 1.29 is 9.59 Å². The van der Waals surface area contributed by atoms with Gasteiger partial charge in [-0.25, -0.2) is 4.79 Å². The van der Waals surface area contributed by atoms with Crippen LogP contribution < -0.4 is 10.6 Å². The Bertz CT molecular complexity index is 870. The van der Waals surface area contributed by atoms with Crippen LogP contribution in [0.3, 0.4) is 0 Å². The fraction of sp³-hybridized carbons (Fsp3) is 0.364. The first kappa shape index (κ1) is 20.2. The summed E-state index contributed by atoms with van der Waals surface area (Å²) in [5, 5.41) is 6.39. The van der Waals surface area contributed by atoms with Gasteiger partial charge in [0.1, 0.15) is 0 Å². The summed E-state index contributed by atoms with van der Waals surface area (Å²) in [7, 11) is 0. The van der Waals surface area contributed by atoms with E-state index in [9.17, 15) is 9.59 Å². The van der Waals surface area contributed by atoms with E-state index in [0.717, 1.165) is 24.0 Å². The van der Waals surface area contributed by atoms with Crippen LogP contribution in [0.2, 0.25) is 5.02 Å². The molecule has 1 atom stereocenters. The van der Waals surface area contributed by atoms with Crippen LogP contribution in [0, 0.1) is 12.3 Å². The zero-order valence-corrected chi connectivity index (χ0v) is 17.1. The molecule has 2 N–H and O–H groups in total. The standard InChI is InChI=1S/C22H26ClN3O2/c1-16-8-3-4-9-17(16)14-24-20(27)22(2)12-7-13-26(15-22)21(28)25-19-11-6-5-10-18(19)23/h3-6,8-11H,7,12-15H2,1-2H3,(H,24,27)(H,25,28). The first-order chi connectivity index (χ1) is 13.4. The van der Waals surface area contributed by atoms with E-state index < -0.39 is 5.41 Å². The number of nitrogens with one attached hydrogen (secondary N) is 2. The third-order valence-corrected chi connectivity index (χ3v) is 5.68. The van der Waals surface area contributed by atoms with Gasteiger partial charge in [0.15, 0.2) is 0 Å². The number of nitrogens with zero attached hydrogens (tertiary/aromatic N) is 1. The Hall–Kier alpha value is -2.53. The molecule has 0 spiro atoms. The van der Waals surface area contributed by atoms with E-state index in [-0.39, 0.29) is 11.9 Å². The monoisotopic (exact) mass is 399 g/mol. The van der Waals surface area contributed by atoms with Gasteiger partial charge in [-0.3, -0.25) is 4.79 Å². The Balaban J connectivity index is 1.62. The van der Waals surface area contributed by atoms with Gasteiger partial charge in [-0.05, 0) is 49.9 Å². The average molecular weight is 400 g/mol. The molecule has 0 bridgehead atoms. The molecule has 1 saturated heterocycles. The van der Waals surface area contributed by atoms with E-state index >= 15 is 0 Å². The fourth-order valence-corrected chi connectivity index (χ4v) is 3.74. The van der Waals surface area contributed by atoms with Crippen LogP contribution in [-0.2, 0) is 11.3 Å². The Kier molecular flexibility index (Phi) is 6.25. The van der Waals surface area contributed by atoms with Gasteiger partial charge >= 0.3 is 6.03 Å². The van der Waals surface area contributed by atoms with Crippen molar-refractivity contribution in [3.05, 3.63) is 64.7 Å². The maximum atomic E-state index is 12.9. The van der Waals surface area contributed by atoms with E-state index in [0.29, 0.717) is 30.3 Å². The van der Waals surface area contributed by atoms with Gasteiger partial charge in [0.25, 0.3) is 0 Å². The minimum Gasteiger partial charge on any atom is -0.351 e. The van der Waals surface area contributed by atoms with Crippen LogP contribution in [0.5, 0.6) is 0 Å². The summed E-state index contributed by atoms with van der Waals surface area (Å²) in [5.41, 5.74) is 2.21. The number of halogens is 1. The highest BCUT2D eigenvalue weighted by Gasteiger charge is 2.39. The third kappa shape index (κ3) is 4.65. The quantitative estimate of drug-likeness (QED) is 0.789. The molecule has 0 saturated carbocycles. The number of anilines is 1. The molecule has 1 heterocycles. The van der Waals surface area contributed by atoms with E-state index in [4.69, 9.17) is 11.6 Å². The van der Waals surface area contributed by atoms with Crippen molar-refractivity contribution in [2.24, 2.45) is 5.41 Å². The molecule has 148 valence electrons. The van der Waals surface area contributed by atoms with Gasteiger partial charge in [0.2, 0.25) is 5.91 Å². The van der Waals surface area contributed by atoms with E-state index in [2.05, 4.69) is 10.6 Å². The topological polar surface area (TPSA) is 61.4 Å². The third-order valence-electron chi connectivity index (χ3n) is 5.35. The second-order valence-corrected chi connectivity index (χ2v) is 8.01. The Morgan fingerprint density at radius 1 is 1.14 bits per heavy atom. The number of amides is 3. The summed E-state index contributed by atoms with van der Waals surface area (Å²) >= 11 is 6.13. The number of rotatable bonds is 4. The molecular formula is C22H26ClN3O2. The van der Waals surface area contributed by atoms with Gasteiger partial charge in [-0.2, -0.15) is 0 Å². The first-order valence-corrected chi connectivity index (χ1v) is 9.90. The number of urea groups is 1. The number of likely N-dealkylation sites (tertiary alicyclic amines) is 1. The molecule has 0 aliphatic carbocycles. The van der Waals surface area contributed by atoms with Gasteiger partial charge < -0.3 is 15.5 Å². The predicted octanol–water partition coefficient (Wildman–Crippen LogP) is 4.60. The summed E-state index contributed by atoms with van der Waals surface area (Å²) in [6.07, 6.45) is 1.53. The molecule has 2 aromatic rings. The molecule has 5 nitrogen and oxygen atoms in total. The van der Waals surface area contributed by atoms with Crippen molar-refractivity contribution in [3.8, 4) is 0 Å². The van der Waals surface area contributed by atoms with Crippen LogP contribution in [-0.4, -0.2) is 29.9 Å². The lowest BCUT2D eigenvalue weighted by atomic mass is 9.81. The number of hydrogen-bond donors (Lipinski definition) is 2. The molecule has 2 aromatic carbocycles. The largest absolute Gasteiger partial charge is 0.351 e. The molecular weight excluding hydrogens is 374 g/mol. The number of piperidine rings is 1. The Morgan fingerprint density at radius 2 is 1.86 bits per heavy atom. The maximum absolute atomic E-state index is 12.9. The number of aryl methyl sites for hydroxylation is 1. The highest BCUT2D eigenvalue weighted by molar-refractivity contribution is 6.33. The maximum Gasteiger partial charge on any atom is 0.321 e. The number of carbonyl (C=O) groups excluding carboxylic acids is 2. The van der Waals surface area contributed by atoms with Crippen LogP contribution in [0.15, 0.2) is 48.5 Å². The first-order valence-electron chi connectivity index (χ1n) is 9.52. The van der Waals surface area contributed by atoms with Crippen molar-refractivity contribution in [1.82, 2.24) is 10.2 Å². The highest BCUT2D eigenvalue weighted by Crippen LogP contribution is 2.31. The molecule has 1 aliphatic heterocycles. The second-order valence-electron chi connectivity index (χ2n) is 7.60. The van der Waals surface area contributed by atoms with Gasteiger partial charge in [-0.15, -0.1) is 0 Å². The van der Waals surface area contributed by atoms with Crippen LogP contribution in [0.1, 0.15) is 30.9 Å². The van der Waals surface area contributed by atoms with Crippen molar-refractivity contribution in [1.29, 1.82) is 0 Å². The second kappa shape index (κ2) is 8.65. The molecule has 3 rings (SSSR count). The zero-order valence-electron chi connectivity index (χ0n) is 16.3. The molecule has 1 aliphatic rings. The van der Waals surface area contributed by atoms with E-state index in [1.54, 1.807) is 17.0 Å². The number of carbonyl (C=O) groups is 2. The van der Waals surface area contributed by atoms with Crippen molar-refractivity contribution >= 4 is 29.2 Å². The molecule has 0 radical (unpaired) electrons. The van der Waals surface area contributed by atoms with Crippen molar-refractivity contribution in [2.45, 2.75) is 33.2 Å². The van der Waals surface area contributed by atoms with Crippen molar-refractivity contribution in [3.63, 3.8) is 0 Å². The molecule has 28 heavy (non-hydrogen) atoms. The van der Waals surface area contributed by atoms with Crippen LogP contribution in [0.25, 0.3) is 0 Å². The molecule has 0 aromatic heterocycles. The lowest BCUT2D eigenvalue weighted by Crippen LogP contribution is -2.52. The van der Waals surface area contributed by atoms with Gasteiger partial charge in [0, 0.05) is 19.6 Å². The lowest BCUT2D eigenvalue weighted by Gasteiger charge is -2.39. The summed E-state index contributed by atoms with van der Waals surface area (Å²) in [5.74, 6) is -0.0222. The number of hydrogen-bond acceptors (Lipinski definition) is 2. The van der Waals surface area contributed by atoms with E-state index in [1.165, 1.54) is 0 Å². The fourth-order valence-electron chi connectivity index (χ4n) is 3.55. The van der Waals surface area contributed by atoms with E-state index in [1.807, 2.05) is 50.2 Å². The smallest absolute Gasteiger partial charge is 0.321 e. The lowest BCUT2D eigenvalue weighted by molar-refractivity contribution is -0.132. The summed E-state index contributed by atoms with van der Waals surface area (Å²) in [6, 6.07) is 14.9. The summed E-state index contributed by atoms with van der Waals surface area (Å²) < 4.78 is 0. The highest BCUT2D eigenvalue weighted by atomic mass is 35.5. The average Bonchev–Trinajstić information content (AvgIpc) is 2.69. The van der Waals surface area contributed by atoms with Crippen molar-refractivity contribution in [2.75, 3.05) is 18.4 Å². The minimum absolute atomic E-state index is 0.0222. The SMILES string of the molecule is Cc1ccccc1CNC(=O)C1(C)CCCN(C(=O)Nc2ccccc2Cl)C1. The zero-order chi connectivity index (χ0) is 20.1. The van der Waals surface area contributed by atoms with Gasteiger partial charge in [0.05, 0.1) is 16.1 Å². The minimum atomic E-state index is -0.612. The molecule has 1 unspecified atom stereocenters. The number of benzene rings is 2. The predicted molar refractivity (Wildman–Crippen MR) is 112 cm³/mol. The molecule has 6 heteroatoms. The summed E-state index contributed by atoms with van der Waals surface area (Å²) in [4.78, 5) is 27.3.